The van der Waals surface area contributed by atoms with Crippen LogP contribution in [0.2, 0.25) is 0 Å². The van der Waals surface area contributed by atoms with E-state index in [1.165, 1.54) is 0 Å². The van der Waals surface area contributed by atoms with E-state index in [0.29, 0.717) is 13.1 Å². The van der Waals surface area contributed by atoms with Gasteiger partial charge < -0.3 is 20.3 Å². The van der Waals surface area contributed by atoms with Gasteiger partial charge in [-0.25, -0.2) is 9.48 Å². The average Bonchev–Trinajstić information content (AvgIpc) is 3.27. The van der Waals surface area contributed by atoms with Crippen molar-refractivity contribution in [3.05, 3.63) is 78.1 Å². The number of benzene rings is 2. The molecule has 0 radical (unpaired) electrons. The molecule has 0 bridgehead atoms. The van der Waals surface area contributed by atoms with Crippen LogP contribution in [-0.2, 0) is 17.9 Å². The summed E-state index contributed by atoms with van der Waals surface area (Å²) in [6.45, 7) is 1.10. The van der Waals surface area contributed by atoms with Crippen molar-refractivity contribution in [2.45, 2.75) is 19.5 Å². The normalized spacial score (nSPS) is 10.4. The second kappa shape index (κ2) is 10.8. The lowest BCUT2D eigenvalue weighted by Gasteiger charge is -2.18. The Labute approximate surface area is 181 Å². The molecule has 0 aliphatic carbocycles. The van der Waals surface area contributed by atoms with E-state index in [4.69, 9.17) is 4.74 Å². The summed E-state index contributed by atoms with van der Waals surface area (Å²) in [5.41, 5.74) is 2.70. The maximum absolute atomic E-state index is 12.1. The molecular weight excluding hydrogens is 394 g/mol. The van der Waals surface area contributed by atoms with E-state index in [-0.39, 0.29) is 24.9 Å². The zero-order valence-corrected chi connectivity index (χ0v) is 17.7. The van der Waals surface area contributed by atoms with Crippen LogP contribution in [0.4, 0.5) is 4.79 Å². The Morgan fingerprint density at radius 3 is 2.48 bits per heavy atom. The van der Waals surface area contributed by atoms with Crippen molar-refractivity contribution in [3.8, 4) is 11.4 Å². The van der Waals surface area contributed by atoms with Crippen molar-refractivity contribution in [3.63, 3.8) is 0 Å². The van der Waals surface area contributed by atoms with Crippen molar-refractivity contribution in [1.82, 2.24) is 25.3 Å². The number of urea groups is 1. The maximum atomic E-state index is 12.1. The number of carbonyl (C=O) groups excluding carboxylic acids is 2. The number of hydrogen-bond acceptors (Lipinski definition) is 4. The molecule has 0 spiro atoms. The molecule has 0 saturated heterocycles. The molecule has 0 unspecified atom stereocenters. The second-order valence-electron chi connectivity index (χ2n) is 7.05. The Kier molecular flexibility index (Phi) is 7.64. The minimum Gasteiger partial charge on any atom is -0.497 e. The van der Waals surface area contributed by atoms with Crippen LogP contribution >= 0.6 is 0 Å². The predicted molar refractivity (Wildman–Crippen MR) is 118 cm³/mol. The molecule has 31 heavy (non-hydrogen) atoms. The molecule has 0 saturated carbocycles. The molecular formula is C23H27N5O3. The average molecular weight is 422 g/mol. The molecule has 0 atom stereocenters. The van der Waals surface area contributed by atoms with Crippen LogP contribution in [0.25, 0.3) is 5.69 Å². The van der Waals surface area contributed by atoms with Gasteiger partial charge in [0.1, 0.15) is 5.75 Å². The number of carbonyl (C=O) groups is 2. The van der Waals surface area contributed by atoms with E-state index in [9.17, 15) is 9.59 Å². The van der Waals surface area contributed by atoms with Gasteiger partial charge in [0.05, 0.1) is 25.0 Å². The molecule has 3 aromatic rings. The molecule has 8 nitrogen and oxygen atoms in total. The summed E-state index contributed by atoms with van der Waals surface area (Å²) in [5, 5.41) is 10.1. The highest BCUT2D eigenvalue weighted by molar-refractivity contribution is 5.78. The van der Waals surface area contributed by atoms with Gasteiger partial charge in [-0.15, -0.1) is 0 Å². The summed E-state index contributed by atoms with van der Waals surface area (Å²) in [6, 6.07) is 18.9. The lowest BCUT2D eigenvalue weighted by atomic mass is 10.2. The zero-order valence-electron chi connectivity index (χ0n) is 17.7. The van der Waals surface area contributed by atoms with Gasteiger partial charge in [0.25, 0.3) is 0 Å². The Morgan fingerprint density at radius 1 is 1.03 bits per heavy atom. The Morgan fingerprint density at radius 2 is 1.77 bits per heavy atom. The summed E-state index contributed by atoms with van der Waals surface area (Å²) in [5.74, 6) is 0.631. The fraction of sp³-hybridized carbons (Fsp3) is 0.261. The van der Waals surface area contributed by atoms with E-state index < -0.39 is 0 Å². The fourth-order valence-electron chi connectivity index (χ4n) is 2.96. The van der Waals surface area contributed by atoms with Crippen LogP contribution in [0.3, 0.4) is 0 Å². The number of ether oxygens (including phenoxy) is 1. The lowest BCUT2D eigenvalue weighted by Crippen LogP contribution is -2.38. The van der Waals surface area contributed by atoms with Gasteiger partial charge in [-0.2, -0.15) is 5.10 Å². The number of aromatic nitrogens is 2. The van der Waals surface area contributed by atoms with Crippen molar-refractivity contribution < 1.29 is 14.3 Å². The van der Waals surface area contributed by atoms with E-state index in [1.54, 1.807) is 23.7 Å². The first-order valence-corrected chi connectivity index (χ1v) is 10.0. The predicted octanol–water partition coefficient (Wildman–Crippen LogP) is 2.73. The summed E-state index contributed by atoms with van der Waals surface area (Å²) in [4.78, 5) is 25.8. The number of rotatable bonds is 9. The number of hydrogen-bond donors (Lipinski definition) is 2. The van der Waals surface area contributed by atoms with Crippen molar-refractivity contribution in [1.29, 1.82) is 0 Å². The largest absolute Gasteiger partial charge is 0.497 e. The molecule has 3 rings (SSSR count). The van der Waals surface area contributed by atoms with Gasteiger partial charge in [0, 0.05) is 32.8 Å². The second-order valence-corrected chi connectivity index (χ2v) is 7.05. The zero-order chi connectivity index (χ0) is 22.1. The highest BCUT2D eigenvalue weighted by Gasteiger charge is 2.10. The third-order valence-corrected chi connectivity index (χ3v) is 4.69. The number of methoxy groups -OCH3 is 1. The van der Waals surface area contributed by atoms with Crippen LogP contribution in [0, 0.1) is 0 Å². The molecule has 162 valence electrons. The van der Waals surface area contributed by atoms with Gasteiger partial charge in [0.2, 0.25) is 5.91 Å². The highest BCUT2D eigenvalue weighted by atomic mass is 16.5. The SMILES string of the molecule is COc1ccc(-n2ccc(CNC(=O)CCNC(=O)N(C)Cc3ccccc3)n2)cc1. The molecule has 1 heterocycles. The quantitative estimate of drug-likeness (QED) is 0.556. The summed E-state index contributed by atoms with van der Waals surface area (Å²) < 4.78 is 6.90. The standard InChI is InChI=1S/C23H27N5O3/c1-27(17-18-6-4-3-5-7-18)23(30)24-14-12-22(29)25-16-19-13-15-28(26-19)20-8-10-21(31-2)11-9-20/h3-11,13,15H,12,14,16-17H2,1-2H3,(H,24,30)(H,25,29). The van der Waals surface area contributed by atoms with E-state index in [1.807, 2.05) is 66.9 Å². The Bertz CT molecular complexity index is 986. The maximum Gasteiger partial charge on any atom is 0.317 e. The molecule has 0 fully saturated rings. The van der Waals surface area contributed by atoms with E-state index in [2.05, 4.69) is 15.7 Å². The van der Waals surface area contributed by atoms with Gasteiger partial charge in [0.15, 0.2) is 0 Å². The first kappa shape index (κ1) is 21.9. The smallest absolute Gasteiger partial charge is 0.317 e. The molecule has 2 aromatic carbocycles. The summed E-state index contributed by atoms with van der Waals surface area (Å²) in [6.07, 6.45) is 2.04. The Hall–Kier alpha value is -3.81. The van der Waals surface area contributed by atoms with Gasteiger partial charge >= 0.3 is 6.03 Å². The monoisotopic (exact) mass is 421 g/mol. The molecule has 1 aromatic heterocycles. The van der Waals surface area contributed by atoms with Crippen LogP contribution in [-0.4, -0.2) is 47.3 Å². The molecule has 8 heteroatoms. The van der Waals surface area contributed by atoms with Crippen LogP contribution < -0.4 is 15.4 Å². The number of nitrogens with zero attached hydrogens (tertiary/aromatic N) is 3. The van der Waals surface area contributed by atoms with Crippen molar-refractivity contribution in [2.75, 3.05) is 20.7 Å². The van der Waals surface area contributed by atoms with Crippen LogP contribution in [0.1, 0.15) is 17.7 Å². The first-order chi connectivity index (χ1) is 15.0. The first-order valence-electron chi connectivity index (χ1n) is 10.0. The van der Waals surface area contributed by atoms with Gasteiger partial charge in [-0.1, -0.05) is 30.3 Å². The molecule has 2 N–H and O–H groups in total. The van der Waals surface area contributed by atoms with Crippen molar-refractivity contribution >= 4 is 11.9 Å². The minimum atomic E-state index is -0.213. The number of amides is 3. The van der Waals surface area contributed by atoms with Gasteiger partial charge in [-0.05, 0) is 35.9 Å². The highest BCUT2D eigenvalue weighted by Crippen LogP contribution is 2.14. The molecule has 0 aliphatic heterocycles. The topological polar surface area (TPSA) is 88.5 Å². The minimum absolute atomic E-state index is 0.148. The summed E-state index contributed by atoms with van der Waals surface area (Å²) >= 11 is 0. The van der Waals surface area contributed by atoms with Crippen LogP contribution in [0.5, 0.6) is 5.75 Å². The molecule has 0 aliphatic rings. The van der Waals surface area contributed by atoms with Crippen molar-refractivity contribution in [2.24, 2.45) is 0 Å². The number of nitrogens with one attached hydrogen (secondary N) is 2. The third-order valence-electron chi connectivity index (χ3n) is 4.69. The lowest BCUT2D eigenvalue weighted by molar-refractivity contribution is -0.121. The fourth-order valence-corrected chi connectivity index (χ4v) is 2.96. The van der Waals surface area contributed by atoms with Gasteiger partial charge in [-0.3, -0.25) is 4.79 Å². The Balaban J connectivity index is 1.37. The summed E-state index contributed by atoms with van der Waals surface area (Å²) in [7, 11) is 3.35. The molecule has 3 amide bonds. The van der Waals surface area contributed by atoms with E-state index in [0.717, 1.165) is 22.7 Å². The van der Waals surface area contributed by atoms with Crippen LogP contribution in [0.15, 0.2) is 66.9 Å². The van der Waals surface area contributed by atoms with E-state index >= 15 is 0 Å². The third kappa shape index (κ3) is 6.60.